The number of fused-ring (bicyclic) bond motifs is 1. The molecule has 0 unspecified atom stereocenters. The van der Waals surface area contributed by atoms with Crippen molar-refractivity contribution in [1.29, 1.82) is 0 Å². The lowest BCUT2D eigenvalue weighted by molar-refractivity contribution is 0.00719. The summed E-state index contributed by atoms with van der Waals surface area (Å²) in [7, 11) is 0. The van der Waals surface area contributed by atoms with Gasteiger partial charge < -0.3 is 14.5 Å². The quantitative estimate of drug-likeness (QED) is 0.942. The van der Waals surface area contributed by atoms with Gasteiger partial charge in [-0.05, 0) is 30.4 Å². The third kappa shape index (κ3) is 3.03. The lowest BCUT2D eigenvalue weighted by atomic mass is 9.81. The van der Waals surface area contributed by atoms with Crippen LogP contribution in [0.1, 0.15) is 38.4 Å². The number of pyridine rings is 1. The van der Waals surface area contributed by atoms with Crippen molar-refractivity contribution in [3.63, 3.8) is 0 Å². The van der Waals surface area contributed by atoms with Crippen LogP contribution in [0.3, 0.4) is 0 Å². The van der Waals surface area contributed by atoms with Gasteiger partial charge in [-0.2, -0.15) is 0 Å². The third-order valence-corrected chi connectivity index (χ3v) is 4.59. The van der Waals surface area contributed by atoms with Gasteiger partial charge in [-0.25, -0.2) is 4.98 Å². The van der Waals surface area contributed by atoms with E-state index >= 15 is 0 Å². The first-order valence-electron chi connectivity index (χ1n) is 8.20. The van der Waals surface area contributed by atoms with E-state index in [2.05, 4.69) is 60.7 Å². The van der Waals surface area contributed by atoms with Gasteiger partial charge in [-0.1, -0.05) is 26.8 Å². The van der Waals surface area contributed by atoms with Gasteiger partial charge in [-0.15, -0.1) is 0 Å². The van der Waals surface area contributed by atoms with Crippen LogP contribution in [0.2, 0.25) is 0 Å². The maximum Gasteiger partial charge on any atom is 0.139 e. The van der Waals surface area contributed by atoms with Gasteiger partial charge in [0.15, 0.2) is 0 Å². The number of ether oxygens (including phenoxy) is 1. The SMILES string of the molecule is Cc1cccn2c(CNC[C@H]3CCO[C@@H]3C(C)(C)C)cnc12. The molecule has 0 spiro atoms. The monoisotopic (exact) mass is 301 g/mol. The van der Waals surface area contributed by atoms with Crippen molar-refractivity contribution in [1.82, 2.24) is 14.7 Å². The zero-order valence-corrected chi connectivity index (χ0v) is 14.1. The summed E-state index contributed by atoms with van der Waals surface area (Å²) >= 11 is 0. The summed E-state index contributed by atoms with van der Waals surface area (Å²) < 4.78 is 8.12. The first-order chi connectivity index (χ1) is 10.5. The molecule has 0 bridgehead atoms. The number of imidazole rings is 1. The van der Waals surface area contributed by atoms with E-state index in [0.29, 0.717) is 12.0 Å². The van der Waals surface area contributed by atoms with E-state index in [9.17, 15) is 0 Å². The van der Waals surface area contributed by atoms with Crippen LogP contribution in [0.4, 0.5) is 0 Å². The minimum atomic E-state index is 0.212. The molecule has 22 heavy (non-hydrogen) atoms. The molecule has 0 amide bonds. The molecule has 1 saturated heterocycles. The fourth-order valence-corrected chi connectivity index (χ4v) is 3.52. The molecule has 2 aromatic rings. The van der Waals surface area contributed by atoms with E-state index in [1.165, 1.54) is 11.3 Å². The number of hydrogen-bond donors (Lipinski definition) is 1. The highest BCUT2D eigenvalue weighted by Crippen LogP contribution is 2.34. The van der Waals surface area contributed by atoms with E-state index in [4.69, 9.17) is 4.74 Å². The highest BCUT2D eigenvalue weighted by atomic mass is 16.5. The molecule has 0 aliphatic carbocycles. The number of aryl methyl sites for hydroxylation is 1. The van der Waals surface area contributed by atoms with E-state index in [1.54, 1.807) is 0 Å². The summed E-state index contributed by atoms with van der Waals surface area (Å²) in [5.41, 5.74) is 3.69. The average Bonchev–Trinajstić information content (AvgIpc) is 3.06. The second-order valence-corrected chi connectivity index (χ2v) is 7.47. The van der Waals surface area contributed by atoms with Crippen LogP contribution in [-0.2, 0) is 11.3 Å². The number of rotatable bonds is 4. The van der Waals surface area contributed by atoms with Crippen molar-refractivity contribution in [3.05, 3.63) is 35.8 Å². The third-order valence-electron chi connectivity index (χ3n) is 4.59. The highest BCUT2D eigenvalue weighted by Gasteiger charge is 2.36. The van der Waals surface area contributed by atoms with Crippen molar-refractivity contribution < 1.29 is 4.74 Å². The molecular weight excluding hydrogens is 274 g/mol. The molecule has 2 atom stereocenters. The Morgan fingerprint density at radius 3 is 3.00 bits per heavy atom. The van der Waals surface area contributed by atoms with Crippen LogP contribution in [0.5, 0.6) is 0 Å². The summed E-state index contributed by atoms with van der Waals surface area (Å²) in [6.45, 7) is 11.6. The van der Waals surface area contributed by atoms with E-state index in [1.807, 2.05) is 6.20 Å². The Hall–Kier alpha value is -1.39. The van der Waals surface area contributed by atoms with Gasteiger partial charge in [0.25, 0.3) is 0 Å². The molecule has 3 heterocycles. The summed E-state index contributed by atoms with van der Waals surface area (Å²) in [5, 5.41) is 3.60. The Morgan fingerprint density at radius 1 is 1.41 bits per heavy atom. The fourth-order valence-electron chi connectivity index (χ4n) is 3.52. The van der Waals surface area contributed by atoms with E-state index in [0.717, 1.165) is 31.8 Å². The molecule has 0 aromatic carbocycles. The summed E-state index contributed by atoms with van der Waals surface area (Å²) in [6, 6.07) is 4.18. The van der Waals surface area contributed by atoms with Gasteiger partial charge in [0.05, 0.1) is 18.0 Å². The van der Waals surface area contributed by atoms with Crippen LogP contribution in [0.25, 0.3) is 5.65 Å². The number of aromatic nitrogens is 2. The molecule has 1 aliphatic rings. The predicted molar refractivity (Wildman–Crippen MR) is 88.9 cm³/mol. The molecule has 120 valence electrons. The fraction of sp³-hybridized carbons (Fsp3) is 0.611. The standard InChI is InChI=1S/C18H27N3O/c1-13-6-5-8-21-15(12-20-17(13)21)11-19-10-14-7-9-22-16(14)18(2,3)4/h5-6,8,12,14,16,19H,7,9-11H2,1-4H3/t14-,16+/m1/s1. The molecule has 4 heteroatoms. The van der Waals surface area contributed by atoms with Crippen LogP contribution in [0, 0.1) is 18.3 Å². The van der Waals surface area contributed by atoms with Gasteiger partial charge in [0.2, 0.25) is 0 Å². The topological polar surface area (TPSA) is 38.6 Å². The van der Waals surface area contributed by atoms with Crippen molar-refractivity contribution in [2.75, 3.05) is 13.2 Å². The Labute approximate surface area is 132 Å². The highest BCUT2D eigenvalue weighted by molar-refractivity contribution is 5.48. The van der Waals surface area contributed by atoms with Crippen molar-refractivity contribution in [2.45, 2.75) is 46.8 Å². The van der Waals surface area contributed by atoms with E-state index < -0.39 is 0 Å². The van der Waals surface area contributed by atoms with Gasteiger partial charge in [0.1, 0.15) is 5.65 Å². The molecule has 3 rings (SSSR count). The van der Waals surface area contributed by atoms with Crippen LogP contribution >= 0.6 is 0 Å². The first-order valence-corrected chi connectivity index (χ1v) is 8.20. The zero-order chi connectivity index (χ0) is 15.7. The van der Waals surface area contributed by atoms with Crippen LogP contribution in [0.15, 0.2) is 24.5 Å². The van der Waals surface area contributed by atoms with Gasteiger partial charge >= 0.3 is 0 Å². The second kappa shape index (κ2) is 6.01. The van der Waals surface area contributed by atoms with E-state index in [-0.39, 0.29) is 5.41 Å². The Kier molecular flexibility index (Phi) is 4.24. The first kappa shape index (κ1) is 15.5. The van der Waals surface area contributed by atoms with Crippen molar-refractivity contribution in [3.8, 4) is 0 Å². The van der Waals surface area contributed by atoms with Crippen LogP contribution < -0.4 is 5.32 Å². The smallest absolute Gasteiger partial charge is 0.139 e. The summed E-state index contributed by atoms with van der Waals surface area (Å²) in [4.78, 5) is 4.52. The Balaban J connectivity index is 1.62. The molecule has 0 saturated carbocycles. The molecular formula is C18H27N3O. The number of nitrogens with zero attached hydrogens (tertiary/aromatic N) is 2. The van der Waals surface area contributed by atoms with Crippen LogP contribution in [-0.4, -0.2) is 28.6 Å². The lowest BCUT2D eigenvalue weighted by Crippen LogP contribution is -2.36. The molecule has 1 aliphatic heterocycles. The summed E-state index contributed by atoms with van der Waals surface area (Å²) in [6.07, 6.45) is 5.57. The number of nitrogens with one attached hydrogen (secondary N) is 1. The van der Waals surface area contributed by atoms with Gasteiger partial charge in [0, 0.05) is 31.8 Å². The molecule has 2 aromatic heterocycles. The van der Waals surface area contributed by atoms with Gasteiger partial charge in [-0.3, -0.25) is 0 Å². The molecule has 1 N–H and O–H groups in total. The normalized spacial score (nSPS) is 22.5. The minimum Gasteiger partial charge on any atom is -0.377 e. The lowest BCUT2D eigenvalue weighted by Gasteiger charge is -2.31. The predicted octanol–water partition coefficient (Wildman–Crippen LogP) is 3.18. The molecule has 1 fully saturated rings. The minimum absolute atomic E-state index is 0.212. The largest absolute Gasteiger partial charge is 0.377 e. The summed E-state index contributed by atoms with van der Waals surface area (Å²) in [5.74, 6) is 0.598. The maximum absolute atomic E-state index is 5.95. The zero-order valence-electron chi connectivity index (χ0n) is 14.1. The average molecular weight is 301 g/mol. The number of hydrogen-bond acceptors (Lipinski definition) is 3. The maximum atomic E-state index is 5.95. The van der Waals surface area contributed by atoms with Crippen molar-refractivity contribution in [2.24, 2.45) is 11.3 Å². The molecule has 4 nitrogen and oxygen atoms in total. The Morgan fingerprint density at radius 2 is 2.23 bits per heavy atom. The Bertz CT molecular complexity index is 641. The molecule has 0 radical (unpaired) electrons. The second-order valence-electron chi connectivity index (χ2n) is 7.47. The van der Waals surface area contributed by atoms with Crippen molar-refractivity contribution >= 4 is 5.65 Å².